The highest BCUT2D eigenvalue weighted by Crippen LogP contribution is 2.11. The minimum absolute atomic E-state index is 0.110. The van der Waals surface area contributed by atoms with Gasteiger partial charge in [0, 0.05) is 0 Å². The third-order valence-electron chi connectivity index (χ3n) is 1.34. The Labute approximate surface area is 86.6 Å². The van der Waals surface area contributed by atoms with E-state index >= 15 is 0 Å². The summed E-state index contributed by atoms with van der Waals surface area (Å²) in [5, 5.41) is 0. The fraction of sp³-hybridized carbons (Fsp3) is 0.286. The number of aromatic nitrogens is 2. The third-order valence-corrected chi connectivity index (χ3v) is 1.88. The van der Waals surface area contributed by atoms with Crippen LogP contribution < -0.4 is 9.46 Å². The Kier molecular flexibility index (Phi) is 3.20. The first-order valence-corrected chi connectivity index (χ1v) is 5.74. The molecule has 82 valence electrons. The van der Waals surface area contributed by atoms with E-state index in [9.17, 15) is 13.2 Å². The average Bonchev–Trinajstić information content (AvgIpc) is 2.05. The highest BCUT2D eigenvalue weighted by atomic mass is 32.2. The standard InChI is InChI=1S/C7H9N3O4S/c1-5-6(3-8-4-9-5)14-7(11)10-15(2,12)13/h3-4H,1-2H3,(H,10,11). The predicted octanol–water partition coefficient (Wildman–Crippen LogP) is -0.167. The molecule has 0 aliphatic heterocycles. The van der Waals surface area contributed by atoms with Crippen LogP contribution in [0, 0.1) is 6.92 Å². The van der Waals surface area contributed by atoms with Crippen LogP contribution in [-0.2, 0) is 10.0 Å². The monoisotopic (exact) mass is 231 g/mol. The minimum Gasteiger partial charge on any atom is -0.406 e. The summed E-state index contributed by atoms with van der Waals surface area (Å²) in [7, 11) is -3.62. The molecular weight excluding hydrogens is 222 g/mol. The molecule has 1 rings (SSSR count). The van der Waals surface area contributed by atoms with Crippen LogP contribution in [0.4, 0.5) is 4.79 Å². The third kappa shape index (κ3) is 3.90. The van der Waals surface area contributed by atoms with Crippen molar-refractivity contribution in [1.82, 2.24) is 14.7 Å². The predicted molar refractivity (Wildman–Crippen MR) is 50.8 cm³/mol. The molecule has 0 aromatic carbocycles. The van der Waals surface area contributed by atoms with Crippen LogP contribution in [0.25, 0.3) is 0 Å². The summed E-state index contributed by atoms with van der Waals surface area (Å²) in [6.07, 6.45) is 2.32. The quantitative estimate of drug-likeness (QED) is 0.759. The number of hydrogen-bond donors (Lipinski definition) is 1. The zero-order valence-electron chi connectivity index (χ0n) is 8.09. The summed E-state index contributed by atoms with van der Waals surface area (Å²) in [5.41, 5.74) is 0.439. The fourth-order valence-electron chi connectivity index (χ4n) is 0.750. The molecule has 0 aliphatic carbocycles. The van der Waals surface area contributed by atoms with Crippen molar-refractivity contribution >= 4 is 16.1 Å². The van der Waals surface area contributed by atoms with Crippen molar-refractivity contribution in [1.29, 1.82) is 0 Å². The lowest BCUT2D eigenvalue weighted by molar-refractivity contribution is 0.206. The number of sulfonamides is 1. The lowest BCUT2D eigenvalue weighted by atomic mass is 10.4. The zero-order valence-corrected chi connectivity index (χ0v) is 8.91. The minimum atomic E-state index is -3.62. The summed E-state index contributed by atoms with van der Waals surface area (Å²) in [6, 6.07) is 0. The molecule has 0 saturated heterocycles. The van der Waals surface area contributed by atoms with E-state index in [0.29, 0.717) is 5.69 Å². The summed E-state index contributed by atoms with van der Waals surface area (Å²) in [4.78, 5) is 18.4. The highest BCUT2D eigenvalue weighted by Gasteiger charge is 2.12. The summed E-state index contributed by atoms with van der Waals surface area (Å²) in [5.74, 6) is 0.110. The Balaban J connectivity index is 2.72. The first-order chi connectivity index (χ1) is 6.88. The Morgan fingerprint density at radius 1 is 1.53 bits per heavy atom. The molecule has 0 atom stereocenters. The van der Waals surface area contributed by atoms with Gasteiger partial charge in [0.15, 0.2) is 5.75 Å². The first kappa shape index (κ1) is 11.4. The number of hydrogen-bond acceptors (Lipinski definition) is 6. The van der Waals surface area contributed by atoms with Crippen LogP contribution in [0.2, 0.25) is 0 Å². The lowest BCUT2D eigenvalue weighted by Crippen LogP contribution is -2.32. The molecule has 8 heteroatoms. The maximum absolute atomic E-state index is 11.0. The Hall–Kier alpha value is -1.70. The van der Waals surface area contributed by atoms with Gasteiger partial charge in [-0.25, -0.2) is 27.9 Å². The molecule has 0 fully saturated rings. The highest BCUT2D eigenvalue weighted by molar-refractivity contribution is 7.89. The van der Waals surface area contributed by atoms with Gasteiger partial charge >= 0.3 is 6.09 Å². The van der Waals surface area contributed by atoms with Crippen molar-refractivity contribution < 1.29 is 17.9 Å². The van der Waals surface area contributed by atoms with Crippen molar-refractivity contribution in [3.8, 4) is 5.75 Å². The van der Waals surface area contributed by atoms with Crippen molar-refractivity contribution in [2.45, 2.75) is 6.92 Å². The van der Waals surface area contributed by atoms with E-state index in [1.54, 1.807) is 11.6 Å². The number of aryl methyl sites for hydroxylation is 1. The molecule has 0 aliphatic rings. The Morgan fingerprint density at radius 2 is 2.20 bits per heavy atom. The SMILES string of the molecule is Cc1ncncc1OC(=O)NS(C)(=O)=O. The van der Waals surface area contributed by atoms with Gasteiger partial charge in [-0.15, -0.1) is 0 Å². The molecule has 1 N–H and O–H groups in total. The molecule has 0 saturated carbocycles. The normalized spacial score (nSPS) is 10.8. The number of ether oxygens (including phenoxy) is 1. The van der Waals surface area contributed by atoms with Gasteiger partial charge in [-0.1, -0.05) is 0 Å². The van der Waals surface area contributed by atoms with Crippen molar-refractivity contribution in [3.63, 3.8) is 0 Å². The van der Waals surface area contributed by atoms with Crippen LogP contribution >= 0.6 is 0 Å². The van der Waals surface area contributed by atoms with E-state index in [-0.39, 0.29) is 5.75 Å². The average molecular weight is 231 g/mol. The number of amides is 1. The summed E-state index contributed by atoms with van der Waals surface area (Å²) >= 11 is 0. The van der Waals surface area contributed by atoms with Crippen LogP contribution in [0.1, 0.15) is 5.69 Å². The Bertz CT molecular complexity index is 471. The molecule has 1 amide bonds. The second-order valence-corrected chi connectivity index (χ2v) is 4.48. The van der Waals surface area contributed by atoms with Gasteiger partial charge < -0.3 is 4.74 Å². The zero-order chi connectivity index (χ0) is 11.5. The van der Waals surface area contributed by atoms with E-state index in [2.05, 4.69) is 14.7 Å². The van der Waals surface area contributed by atoms with E-state index < -0.39 is 16.1 Å². The smallest absolute Gasteiger partial charge is 0.406 e. The number of carbonyl (C=O) groups is 1. The molecule has 0 unspecified atom stereocenters. The number of rotatable bonds is 2. The van der Waals surface area contributed by atoms with E-state index in [0.717, 1.165) is 6.26 Å². The second kappa shape index (κ2) is 4.22. The summed E-state index contributed by atoms with van der Waals surface area (Å²) < 4.78 is 27.7. The molecule has 1 aromatic heterocycles. The first-order valence-electron chi connectivity index (χ1n) is 3.84. The summed E-state index contributed by atoms with van der Waals surface area (Å²) in [6.45, 7) is 1.60. The molecule has 0 bridgehead atoms. The number of nitrogens with zero attached hydrogens (tertiary/aromatic N) is 2. The maximum atomic E-state index is 11.0. The topological polar surface area (TPSA) is 98.2 Å². The van der Waals surface area contributed by atoms with Gasteiger partial charge in [-0.3, -0.25) is 0 Å². The van der Waals surface area contributed by atoms with Gasteiger partial charge in [0.2, 0.25) is 10.0 Å². The molecule has 15 heavy (non-hydrogen) atoms. The van der Waals surface area contributed by atoms with Crippen LogP contribution in [0.5, 0.6) is 5.75 Å². The van der Waals surface area contributed by atoms with Crippen LogP contribution in [0.3, 0.4) is 0 Å². The number of nitrogens with one attached hydrogen (secondary N) is 1. The van der Waals surface area contributed by atoms with Crippen molar-refractivity contribution in [3.05, 3.63) is 18.2 Å². The number of carbonyl (C=O) groups excluding carboxylic acids is 1. The molecule has 7 nitrogen and oxygen atoms in total. The fourth-order valence-corrected chi connectivity index (χ4v) is 1.09. The van der Waals surface area contributed by atoms with Gasteiger partial charge in [0.05, 0.1) is 18.1 Å². The van der Waals surface area contributed by atoms with E-state index in [1.807, 2.05) is 0 Å². The molecular formula is C7H9N3O4S. The van der Waals surface area contributed by atoms with E-state index in [1.165, 1.54) is 12.5 Å². The van der Waals surface area contributed by atoms with Gasteiger partial charge in [-0.2, -0.15) is 0 Å². The largest absolute Gasteiger partial charge is 0.426 e. The van der Waals surface area contributed by atoms with Crippen molar-refractivity contribution in [2.75, 3.05) is 6.26 Å². The molecule has 1 heterocycles. The van der Waals surface area contributed by atoms with Crippen LogP contribution in [-0.4, -0.2) is 30.7 Å². The van der Waals surface area contributed by atoms with Crippen molar-refractivity contribution in [2.24, 2.45) is 0 Å². The molecule has 0 radical (unpaired) electrons. The Morgan fingerprint density at radius 3 is 2.73 bits per heavy atom. The lowest BCUT2D eigenvalue weighted by Gasteiger charge is -2.05. The maximum Gasteiger partial charge on any atom is 0.426 e. The van der Waals surface area contributed by atoms with Gasteiger partial charge in [-0.05, 0) is 6.92 Å². The molecule has 0 spiro atoms. The van der Waals surface area contributed by atoms with Gasteiger partial charge in [0.1, 0.15) is 6.33 Å². The van der Waals surface area contributed by atoms with E-state index in [4.69, 9.17) is 0 Å². The molecule has 1 aromatic rings. The second-order valence-electron chi connectivity index (χ2n) is 2.74. The van der Waals surface area contributed by atoms with Gasteiger partial charge in [0.25, 0.3) is 0 Å². The van der Waals surface area contributed by atoms with Crippen LogP contribution in [0.15, 0.2) is 12.5 Å².